The van der Waals surface area contributed by atoms with Crippen LogP contribution in [0.1, 0.15) is 36.8 Å². The first-order chi connectivity index (χ1) is 9.19. The Kier molecular flexibility index (Phi) is 3.21. The van der Waals surface area contributed by atoms with Gasteiger partial charge in [0, 0.05) is 44.5 Å². The highest BCUT2D eigenvalue weighted by atomic mass is 16.2. The molecule has 1 aliphatic carbocycles. The smallest absolute Gasteiger partial charge is 0.317 e. The van der Waals surface area contributed by atoms with Crippen LogP contribution in [0.15, 0.2) is 6.20 Å². The van der Waals surface area contributed by atoms with Crippen LogP contribution < -0.4 is 5.32 Å². The highest BCUT2D eigenvalue weighted by Gasteiger charge is 2.30. The summed E-state index contributed by atoms with van der Waals surface area (Å²) in [6.07, 6.45) is 6.65. The normalized spacial score (nSPS) is 22.8. The molecule has 2 fully saturated rings. The number of carbonyl (C=O) groups is 1. The van der Waals surface area contributed by atoms with Crippen LogP contribution in [0.4, 0.5) is 4.79 Å². The molecule has 1 saturated carbocycles. The maximum atomic E-state index is 11.6. The summed E-state index contributed by atoms with van der Waals surface area (Å²) in [4.78, 5) is 18.1. The van der Waals surface area contributed by atoms with Crippen molar-refractivity contribution in [2.75, 3.05) is 20.1 Å². The molecule has 1 aromatic heterocycles. The van der Waals surface area contributed by atoms with E-state index in [2.05, 4.69) is 21.8 Å². The Labute approximate surface area is 114 Å². The molecule has 2 amide bonds. The molecule has 1 aromatic rings. The van der Waals surface area contributed by atoms with Crippen LogP contribution in [-0.4, -0.2) is 40.6 Å². The number of urea groups is 1. The number of hydrogen-bond acceptors (Lipinski definition) is 2. The molecular formula is C14H22N4O. The zero-order chi connectivity index (χ0) is 13.4. The Hall–Kier alpha value is -1.52. The fourth-order valence-corrected chi connectivity index (χ4v) is 3.08. The summed E-state index contributed by atoms with van der Waals surface area (Å²) < 4.78 is 2.41. The van der Waals surface area contributed by atoms with E-state index >= 15 is 0 Å². The molecule has 0 radical (unpaired) electrons. The second kappa shape index (κ2) is 4.87. The second-order valence-electron chi connectivity index (χ2n) is 5.78. The molecule has 5 heteroatoms. The maximum absolute atomic E-state index is 11.6. The maximum Gasteiger partial charge on any atom is 0.317 e. The predicted octanol–water partition coefficient (Wildman–Crippen LogP) is 1.73. The Balaban J connectivity index is 1.65. The van der Waals surface area contributed by atoms with E-state index in [1.54, 1.807) is 7.05 Å². The van der Waals surface area contributed by atoms with Crippen LogP contribution >= 0.6 is 0 Å². The van der Waals surface area contributed by atoms with Crippen molar-refractivity contribution in [1.29, 1.82) is 0 Å². The second-order valence-corrected chi connectivity index (χ2v) is 5.78. The lowest BCUT2D eigenvalue weighted by Gasteiger charge is -2.16. The number of nitrogens with one attached hydrogen (secondary N) is 1. The number of carbonyl (C=O) groups excluding carboxylic acids is 1. The molecule has 19 heavy (non-hydrogen) atoms. The molecule has 1 unspecified atom stereocenters. The first-order valence-electron chi connectivity index (χ1n) is 7.18. The molecule has 1 aliphatic heterocycles. The van der Waals surface area contributed by atoms with Crippen molar-refractivity contribution in [3.8, 4) is 0 Å². The Morgan fingerprint density at radius 3 is 2.95 bits per heavy atom. The van der Waals surface area contributed by atoms with Crippen molar-refractivity contribution in [3.05, 3.63) is 17.7 Å². The predicted molar refractivity (Wildman–Crippen MR) is 73.1 cm³/mol. The van der Waals surface area contributed by atoms with Crippen molar-refractivity contribution in [2.45, 2.75) is 38.6 Å². The van der Waals surface area contributed by atoms with Crippen molar-refractivity contribution in [1.82, 2.24) is 19.8 Å². The lowest BCUT2D eigenvalue weighted by Crippen LogP contribution is -2.36. The van der Waals surface area contributed by atoms with Gasteiger partial charge >= 0.3 is 6.03 Å². The van der Waals surface area contributed by atoms with Gasteiger partial charge in [-0.25, -0.2) is 9.78 Å². The molecule has 1 atom stereocenters. The zero-order valence-electron chi connectivity index (χ0n) is 11.7. The van der Waals surface area contributed by atoms with Gasteiger partial charge in [0.1, 0.15) is 5.82 Å². The van der Waals surface area contributed by atoms with E-state index in [9.17, 15) is 4.79 Å². The summed E-state index contributed by atoms with van der Waals surface area (Å²) in [6, 6.07) is 0.734. The third kappa shape index (κ3) is 2.46. The number of nitrogens with zero attached hydrogens (tertiary/aromatic N) is 3. The van der Waals surface area contributed by atoms with Gasteiger partial charge in [0.15, 0.2) is 0 Å². The van der Waals surface area contributed by atoms with Crippen LogP contribution in [0.2, 0.25) is 0 Å². The van der Waals surface area contributed by atoms with Crippen molar-refractivity contribution >= 4 is 6.03 Å². The van der Waals surface area contributed by atoms with Gasteiger partial charge in [-0.1, -0.05) is 0 Å². The summed E-state index contributed by atoms with van der Waals surface area (Å²) in [5, 5.41) is 2.70. The van der Waals surface area contributed by atoms with Crippen LogP contribution in [-0.2, 0) is 6.42 Å². The van der Waals surface area contributed by atoms with Gasteiger partial charge in [0.05, 0.1) is 0 Å². The summed E-state index contributed by atoms with van der Waals surface area (Å²) in [7, 11) is 1.69. The number of imidazole rings is 1. The molecule has 5 nitrogen and oxygen atoms in total. The quantitative estimate of drug-likeness (QED) is 0.902. The van der Waals surface area contributed by atoms with E-state index in [0.717, 1.165) is 25.9 Å². The van der Waals surface area contributed by atoms with Crippen LogP contribution in [0.25, 0.3) is 0 Å². The summed E-state index contributed by atoms with van der Waals surface area (Å²) in [5.74, 6) is 1.76. The third-order valence-electron chi connectivity index (χ3n) is 4.23. The Bertz CT molecular complexity index is 478. The minimum absolute atomic E-state index is 0.0456. The number of likely N-dealkylation sites (tertiary alicyclic amines) is 1. The topological polar surface area (TPSA) is 50.2 Å². The van der Waals surface area contributed by atoms with Gasteiger partial charge in [0.25, 0.3) is 0 Å². The van der Waals surface area contributed by atoms with E-state index in [-0.39, 0.29) is 6.03 Å². The van der Waals surface area contributed by atoms with Gasteiger partial charge < -0.3 is 14.8 Å². The highest BCUT2D eigenvalue weighted by molar-refractivity contribution is 5.74. The summed E-state index contributed by atoms with van der Waals surface area (Å²) >= 11 is 0. The molecule has 2 heterocycles. The molecule has 0 bridgehead atoms. The molecule has 0 spiro atoms. The van der Waals surface area contributed by atoms with Crippen LogP contribution in [0, 0.1) is 12.8 Å². The van der Waals surface area contributed by atoms with E-state index in [4.69, 9.17) is 0 Å². The van der Waals surface area contributed by atoms with E-state index in [0.29, 0.717) is 12.0 Å². The molecule has 0 aromatic carbocycles. The van der Waals surface area contributed by atoms with Crippen molar-refractivity contribution in [2.24, 2.45) is 5.92 Å². The number of aromatic nitrogens is 2. The summed E-state index contributed by atoms with van der Waals surface area (Å²) in [5.41, 5.74) is 1.28. The van der Waals surface area contributed by atoms with Gasteiger partial charge in [-0.2, -0.15) is 0 Å². The zero-order valence-corrected chi connectivity index (χ0v) is 11.7. The van der Waals surface area contributed by atoms with Crippen molar-refractivity contribution in [3.63, 3.8) is 0 Å². The van der Waals surface area contributed by atoms with Crippen LogP contribution in [0.5, 0.6) is 0 Å². The van der Waals surface area contributed by atoms with E-state index < -0.39 is 0 Å². The molecule has 104 valence electrons. The van der Waals surface area contributed by atoms with E-state index in [1.807, 2.05) is 11.1 Å². The molecule has 1 N–H and O–H groups in total. The van der Waals surface area contributed by atoms with Crippen molar-refractivity contribution < 1.29 is 4.79 Å². The van der Waals surface area contributed by atoms with Gasteiger partial charge in [-0.15, -0.1) is 0 Å². The molecule has 3 rings (SSSR count). The average Bonchev–Trinajstić information content (AvgIpc) is 3.02. The Morgan fingerprint density at radius 1 is 1.47 bits per heavy atom. The lowest BCUT2D eigenvalue weighted by molar-refractivity contribution is 0.209. The third-order valence-corrected chi connectivity index (χ3v) is 4.23. The first-order valence-corrected chi connectivity index (χ1v) is 7.18. The average molecular weight is 262 g/mol. The Morgan fingerprint density at radius 2 is 2.26 bits per heavy atom. The SMILES string of the molecule is CNC(=O)N1CCC(Cc2ncc(C)n2C2CC2)C1. The van der Waals surface area contributed by atoms with Crippen LogP contribution in [0.3, 0.4) is 0 Å². The fraction of sp³-hybridized carbons (Fsp3) is 0.714. The minimum Gasteiger partial charge on any atom is -0.341 e. The fourth-order valence-electron chi connectivity index (χ4n) is 3.08. The number of amides is 2. The largest absolute Gasteiger partial charge is 0.341 e. The monoisotopic (exact) mass is 262 g/mol. The first kappa shape index (κ1) is 12.5. The van der Waals surface area contributed by atoms with Gasteiger partial charge in [0.2, 0.25) is 0 Å². The molecule has 2 aliphatic rings. The molecular weight excluding hydrogens is 240 g/mol. The number of hydrogen-bond donors (Lipinski definition) is 1. The standard InChI is InChI=1S/C14H22N4O/c1-10-8-16-13(18(10)12-3-4-12)7-11-5-6-17(9-11)14(19)15-2/h8,11-12H,3-7,9H2,1-2H3,(H,15,19). The summed E-state index contributed by atoms with van der Waals surface area (Å²) in [6.45, 7) is 3.87. The lowest BCUT2D eigenvalue weighted by atomic mass is 10.0. The van der Waals surface area contributed by atoms with Gasteiger partial charge in [-0.05, 0) is 32.1 Å². The number of aryl methyl sites for hydroxylation is 1. The minimum atomic E-state index is 0.0456. The highest BCUT2D eigenvalue weighted by Crippen LogP contribution is 2.37. The number of rotatable bonds is 3. The van der Waals surface area contributed by atoms with E-state index in [1.165, 1.54) is 24.4 Å². The molecule has 1 saturated heterocycles. The van der Waals surface area contributed by atoms with Gasteiger partial charge in [-0.3, -0.25) is 0 Å².